The normalized spacial score (nSPS) is 16.2. The molecule has 0 saturated carbocycles. The summed E-state index contributed by atoms with van der Waals surface area (Å²) in [6, 6.07) is 12.6. The maximum absolute atomic E-state index is 13.3. The molecule has 1 atom stereocenters. The second kappa shape index (κ2) is 8.86. The van der Waals surface area contributed by atoms with Crippen molar-refractivity contribution in [3.05, 3.63) is 65.5 Å². The van der Waals surface area contributed by atoms with Gasteiger partial charge in [-0.1, -0.05) is 18.2 Å². The number of anilines is 1. The number of hydrogen-bond acceptors (Lipinski definition) is 3. The van der Waals surface area contributed by atoms with Crippen molar-refractivity contribution in [2.24, 2.45) is 5.92 Å². The topological polar surface area (TPSA) is 78.5 Å². The molecule has 1 heterocycles. The van der Waals surface area contributed by atoms with E-state index in [1.165, 1.54) is 24.3 Å². The molecule has 0 aromatic heterocycles. The number of benzene rings is 2. The van der Waals surface area contributed by atoms with Gasteiger partial charge in [-0.2, -0.15) is 0 Å². The van der Waals surface area contributed by atoms with E-state index in [1.54, 1.807) is 23.1 Å². The molecule has 1 fully saturated rings. The number of halogens is 1. The van der Waals surface area contributed by atoms with E-state index in [1.807, 2.05) is 19.9 Å². The highest BCUT2D eigenvalue weighted by atomic mass is 19.1. The van der Waals surface area contributed by atoms with Gasteiger partial charge in [-0.25, -0.2) is 4.39 Å². The van der Waals surface area contributed by atoms with Crippen LogP contribution in [-0.4, -0.2) is 35.2 Å². The quantitative estimate of drug-likeness (QED) is 0.787. The van der Waals surface area contributed by atoms with Crippen molar-refractivity contribution in [1.82, 2.24) is 10.2 Å². The largest absolute Gasteiger partial charge is 0.352 e. The van der Waals surface area contributed by atoms with Crippen LogP contribution in [0.25, 0.3) is 0 Å². The number of nitrogens with one attached hydrogen (secondary N) is 2. The van der Waals surface area contributed by atoms with Gasteiger partial charge >= 0.3 is 0 Å². The highest BCUT2D eigenvalue weighted by molar-refractivity contribution is 6.04. The van der Waals surface area contributed by atoms with E-state index < -0.39 is 11.7 Å². The van der Waals surface area contributed by atoms with Crippen molar-refractivity contribution in [3.8, 4) is 0 Å². The smallest absolute Gasteiger partial charge is 0.255 e. The zero-order chi connectivity index (χ0) is 21.0. The molecule has 0 spiro atoms. The van der Waals surface area contributed by atoms with Crippen molar-refractivity contribution < 1.29 is 18.8 Å². The predicted molar refractivity (Wildman–Crippen MR) is 108 cm³/mol. The molecule has 7 heteroatoms. The minimum atomic E-state index is -0.476. The van der Waals surface area contributed by atoms with Crippen LogP contribution in [0.5, 0.6) is 0 Å². The maximum Gasteiger partial charge on any atom is 0.255 e. The lowest BCUT2D eigenvalue weighted by Gasteiger charge is -2.20. The number of carbonyl (C=O) groups is 3. The van der Waals surface area contributed by atoms with Crippen LogP contribution >= 0.6 is 0 Å². The Labute approximate surface area is 169 Å². The first-order valence-electron chi connectivity index (χ1n) is 9.56. The summed E-state index contributed by atoms with van der Waals surface area (Å²) in [7, 11) is 0. The molecule has 0 radical (unpaired) electrons. The lowest BCUT2D eigenvalue weighted by Crippen LogP contribution is -2.35. The van der Waals surface area contributed by atoms with Gasteiger partial charge in [0.15, 0.2) is 0 Å². The highest BCUT2D eigenvalue weighted by Gasteiger charge is 2.35. The van der Waals surface area contributed by atoms with Gasteiger partial charge in [0.1, 0.15) is 5.82 Å². The number of hydrogen-bond donors (Lipinski definition) is 2. The zero-order valence-corrected chi connectivity index (χ0v) is 16.4. The number of amides is 3. The summed E-state index contributed by atoms with van der Waals surface area (Å²) in [6.07, 6.45) is 0.230. The fourth-order valence-corrected chi connectivity index (χ4v) is 3.33. The average Bonchev–Trinajstić information content (AvgIpc) is 3.08. The molecule has 3 amide bonds. The standard InChI is InChI=1S/C22H24FN3O3/c1-14(2)26-13-17(11-20(26)27)21(28)24-12-15-5-3-8-19(9-15)25-22(29)16-6-4-7-18(23)10-16/h3-10,14,17H,11-13H2,1-2H3,(H,24,28)(H,25,29)/t17-/m0/s1. The van der Waals surface area contributed by atoms with E-state index in [0.717, 1.165) is 5.56 Å². The molecular weight excluding hydrogens is 373 g/mol. The Morgan fingerprint density at radius 3 is 2.62 bits per heavy atom. The number of carbonyl (C=O) groups excluding carboxylic acids is 3. The lowest BCUT2D eigenvalue weighted by atomic mass is 10.1. The minimum absolute atomic E-state index is 0.00204. The van der Waals surface area contributed by atoms with Gasteiger partial charge in [-0.3, -0.25) is 14.4 Å². The minimum Gasteiger partial charge on any atom is -0.352 e. The van der Waals surface area contributed by atoms with E-state index in [2.05, 4.69) is 10.6 Å². The first kappa shape index (κ1) is 20.5. The van der Waals surface area contributed by atoms with Crippen molar-refractivity contribution in [2.45, 2.75) is 32.9 Å². The summed E-state index contributed by atoms with van der Waals surface area (Å²) in [5.41, 5.74) is 1.58. The van der Waals surface area contributed by atoms with Crippen LogP contribution in [-0.2, 0) is 16.1 Å². The summed E-state index contributed by atoms with van der Waals surface area (Å²) in [5, 5.41) is 5.58. The Kier molecular flexibility index (Phi) is 6.26. The molecule has 1 saturated heterocycles. The van der Waals surface area contributed by atoms with Gasteiger partial charge in [-0.05, 0) is 49.7 Å². The van der Waals surface area contributed by atoms with E-state index in [4.69, 9.17) is 0 Å². The van der Waals surface area contributed by atoms with Crippen LogP contribution in [0.4, 0.5) is 10.1 Å². The first-order chi connectivity index (χ1) is 13.8. The fraction of sp³-hybridized carbons (Fsp3) is 0.318. The van der Waals surface area contributed by atoms with Crippen LogP contribution in [0.3, 0.4) is 0 Å². The van der Waals surface area contributed by atoms with Gasteiger partial charge < -0.3 is 15.5 Å². The molecule has 1 aliphatic rings. The van der Waals surface area contributed by atoms with Crippen LogP contribution in [0, 0.1) is 11.7 Å². The average molecular weight is 397 g/mol. The van der Waals surface area contributed by atoms with Gasteiger partial charge in [0, 0.05) is 36.8 Å². The molecule has 2 aromatic rings. The Morgan fingerprint density at radius 1 is 1.17 bits per heavy atom. The molecule has 152 valence electrons. The Hall–Kier alpha value is -3.22. The van der Waals surface area contributed by atoms with Crippen LogP contribution in [0.1, 0.15) is 36.2 Å². The van der Waals surface area contributed by atoms with Crippen molar-refractivity contribution >= 4 is 23.4 Å². The monoisotopic (exact) mass is 397 g/mol. The number of rotatable bonds is 6. The molecule has 0 unspecified atom stereocenters. The third-order valence-corrected chi connectivity index (χ3v) is 4.89. The molecular formula is C22H24FN3O3. The molecule has 0 bridgehead atoms. The van der Waals surface area contributed by atoms with E-state index in [9.17, 15) is 18.8 Å². The SMILES string of the molecule is CC(C)N1C[C@@H](C(=O)NCc2cccc(NC(=O)c3cccc(F)c3)c2)CC1=O. The molecule has 29 heavy (non-hydrogen) atoms. The van der Waals surface area contributed by atoms with Gasteiger partial charge in [0.05, 0.1) is 5.92 Å². The third kappa shape index (κ3) is 5.19. The molecule has 1 aliphatic heterocycles. The number of nitrogens with zero attached hydrogens (tertiary/aromatic N) is 1. The second-order valence-electron chi connectivity index (χ2n) is 7.42. The van der Waals surface area contributed by atoms with E-state index in [0.29, 0.717) is 12.2 Å². The Morgan fingerprint density at radius 2 is 1.93 bits per heavy atom. The molecule has 2 aromatic carbocycles. The summed E-state index contributed by atoms with van der Waals surface area (Å²) < 4.78 is 13.3. The van der Waals surface area contributed by atoms with Crippen LogP contribution in [0.2, 0.25) is 0 Å². The maximum atomic E-state index is 13.3. The van der Waals surface area contributed by atoms with Gasteiger partial charge in [0.2, 0.25) is 11.8 Å². The van der Waals surface area contributed by atoms with Crippen LogP contribution < -0.4 is 10.6 Å². The Bertz CT molecular complexity index is 929. The lowest BCUT2D eigenvalue weighted by molar-refractivity contribution is -0.130. The van der Waals surface area contributed by atoms with Gasteiger partial charge in [0.25, 0.3) is 5.91 Å². The first-order valence-corrected chi connectivity index (χ1v) is 9.56. The Balaban J connectivity index is 1.57. The van der Waals surface area contributed by atoms with Gasteiger partial charge in [-0.15, -0.1) is 0 Å². The predicted octanol–water partition coefficient (Wildman–Crippen LogP) is 2.95. The summed E-state index contributed by atoms with van der Waals surface area (Å²) in [4.78, 5) is 38.4. The van der Waals surface area contributed by atoms with Crippen LogP contribution in [0.15, 0.2) is 48.5 Å². The second-order valence-corrected chi connectivity index (χ2v) is 7.42. The summed E-state index contributed by atoms with van der Waals surface area (Å²) in [5.74, 6) is -1.39. The van der Waals surface area contributed by atoms with E-state index >= 15 is 0 Å². The molecule has 6 nitrogen and oxygen atoms in total. The highest BCUT2D eigenvalue weighted by Crippen LogP contribution is 2.20. The summed E-state index contributed by atoms with van der Waals surface area (Å²) in [6.45, 7) is 4.59. The van der Waals surface area contributed by atoms with E-state index in [-0.39, 0.29) is 42.3 Å². The van der Waals surface area contributed by atoms with Crippen molar-refractivity contribution in [2.75, 3.05) is 11.9 Å². The molecule has 0 aliphatic carbocycles. The van der Waals surface area contributed by atoms with Crippen molar-refractivity contribution in [3.63, 3.8) is 0 Å². The third-order valence-electron chi connectivity index (χ3n) is 4.89. The number of likely N-dealkylation sites (tertiary alicyclic amines) is 1. The molecule has 3 rings (SSSR count). The van der Waals surface area contributed by atoms with Crippen molar-refractivity contribution in [1.29, 1.82) is 0 Å². The molecule has 2 N–H and O–H groups in total. The summed E-state index contributed by atoms with van der Waals surface area (Å²) >= 11 is 0. The zero-order valence-electron chi connectivity index (χ0n) is 16.4. The fourth-order valence-electron chi connectivity index (χ4n) is 3.33.